The maximum atomic E-state index is 13.1. The molecule has 0 aliphatic rings. The molecule has 3 rings (SSSR count). The van der Waals surface area contributed by atoms with Crippen molar-refractivity contribution in [3.63, 3.8) is 0 Å². The SMILES string of the molecule is CCN(CC(=O)Nc1ccccc1C(F)(F)F)C(=O)c1ccc(Oc2ccccc2)cc1. The molecular formula is C24H21F3N2O3. The van der Waals surface area contributed by atoms with Gasteiger partial charge in [-0.2, -0.15) is 13.2 Å². The van der Waals surface area contributed by atoms with Crippen LogP contribution in [0.2, 0.25) is 0 Å². The van der Waals surface area contributed by atoms with Crippen LogP contribution in [0.4, 0.5) is 18.9 Å². The Morgan fingerprint density at radius 2 is 1.47 bits per heavy atom. The van der Waals surface area contributed by atoms with E-state index in [0.29, 0.717) is 17.1 Å². The molecule has 2 amide bonds. The molecule has 0 fully saturated rings. The first-order chi connectivity index (χ1) is 15.3. The first-order valence-corrected chi connectivity index (χ1v) is 9.86. The number of hydrogen-bond donors (Lipinski definition) is 1. The maximum absolute atomic E-state index is 13.1. The van der Waals surface area contributed by atoms with E-state index in [4.69, 9.17) is 4.74 Å². The molecule has 0 spiro atoms. The van der Waals surface area contributed by atoms with Crippen LogP contribution in [0.25, 0.3) is 0 Å². The second-order valence-electron chi connectivity index (χ2n) is 6.85. The molecule has 0 saturated heterocycles. The Balaban J connectivity index is 1.65. The van der Waals surface area contributed by atoms with E-state index in [2.05, 4.69) is 5.32 Å². The third-order valence-corrected chi connectivity index (χ3v) is 4.59. The minimum absolute atomic E-state index is 0.204. The molecule has 0 bridgehead atoms. The molecule has 0 radical (unpaired) electrons. The van der Waals surface area contributed by atoms with Crippen molar-refractivity contribution in [2.24, 2.45) is 0 Å². The predicted octanol–water partition coefficient (Wildman–Crippen LogP) is 5.60. The van der Waals surface area contributed by atoms with Gasteiger partial charge in [-0.15, -0.1) is 0 Å². The second kappa shape index (κ2) is 10.00. The van der Waals surface area contributed by atoms with Crippen LogP contribution >= 0.6 is 0 Å². The number of para-hydroxylation sites is 2. The van der Waals surface area contributed by atoms with Crippen LogP contribution in [0.1, 0.15) is 22.8 Å². The van der Waals surface area contributed by atoms with E-state index >= 15 is 0 Å². The number of alkyl halides is 3. The minimum atomic E-state index is -4.60. The molecule has 32 heavy (non-hydrogen) atoms. The standard InChI is InChI=1S/C24H21F3N2O3/c1-2-29(16-22(30)28-21-11-7-6-10-20(21)24(25,26)27)23(31)17-12-14-19(15-13-17)32-18-8-4-3-5-9-18/h3-15H,2,16H2,1H3,(H,28,30). The fourth-order valence-corrected chi connectivity index (χ4v) is 3.00. The van der Waals surface area contributed by atoms with E-state index in [1.54, 1.807) is 43.3 Å². The van der Waals surface area contributed by atoms with Gasteiger partial charge in [-0.3, -0.25) is 9.59 Å². The van der Waals surface area contributed by atoms with Crippen LogP contribution in [-0.2, 0) is 11.0 Å². The van der Waals surface area contributed by atoms with E-state index in [1.807, 2.05) is 18.2 Å². The highest BCUT2D eigenvalue weighted by atomic mass is 19.4. The van der Waals surface area contributed by atoms with Crippen molar-refractivity contribution in [1.29, 1.82) is 0 Å². The molecule has 0 heterocycles. The van der Waals surface area contributed by atoms with E-state index < -0.39 is 23.6 Å². The Morgan fingerprint density at radius 3 is 2.09 bits per heavy atom. The molecule has 8 heteroatoms. The summed E-state index contributed by atoms with van der Waals surface area (Å²) in [6.45, 7) is 1.50. The van der Waals surface area contributed by atoms with Gasteiger partial charge in [-0.1, -0.05) is 30.3 Å². The Morgan fingerprint density at radius 1 is 0.875 bits per heavy atom. The van der Waals surface area contributed by atoms with Crippen LogP contribution in [-0.4, -0.2) is 29.8 Å². The topological polar surface area (TPSA) is 58.6 Å². The molecule has 0 aromatic heterocycles. The largest absolute Gasteiger partial charge is 0.457 e. The van der Waals surface area contributed by atoms with Gasteiger partial charge in [0.25, 0.3) is 5.91 Å². The fourth-order valence-electron chi connectivity index (χ4n) is 3.00. The van der Waals surface area contributed by atoms with Gasteiger partial charge in [0, 0.05) is 12.1 Å². The summed E-state index contributed by atoms with van der Waals surface area (Å²) in [6.07, 6.45) is -4.60. The average molecular weight is 442 g/mol. The number of rotatable bonds is 7. The number of ether oxygens (including phenoxy) is 1. The zero-order valence-electron chi connectivity index (χ0n) is 17.2. The third-order valence-electron chi connectivity index (χ3n) is 4.59. The average Bonchev–Trinajstić information content (AvgIpc) is 2.78. The first kappa shape index (κ1) is 22.9. The third kappa shape index (κ3) is 5.87. The molecule has 166 valence electrons. The molecule has 1 N–H and O–H groups in total. The summed E-state index contributed by atoms with van der Waals surface area (Å²) in [4.78, 5) is 26.4. The van der Waals surface area contributed by atoms with Crippen molar-refractivity contribution in [3.05, 3.63) is 90.0 Å². The van der Waals surface area contributed by atoms with E-state index in [1.165, 1.54) is 23.1 Å². The smallest absolute Gasteiger partial charge is 0.418 e. The number of hydrogen-bond acceptors (Lipinski definition) is 3. The molecule has 0 aliphatic heterocycles. The zero-order chi connectivity index (χ0) is 23.1. The number of benzene rings is 3. The van der Waals surface area contributed by atoms with E-state index in [-0.39, 0.29) is 18.8 Å². The van der Waals surface area contributed by atoms with Gasteiger partial charge in [0.2, 0.25) is 5.91 Å². The number of carbonyl (C=O) groups is 2. The number of likely N-dealkylation sites (N-methyl/N-ethyl adjacent to an activating group) is 1. The highest BCUT2D eigenvalue weighted by Crippen LogP contribution is 2.34. The molecule has 0 atom stereocenters. The van der Waals surface area contributed by atoms with Crippen molar-refractivity contribution in [2.45, 2.75) is 13.1 Å². The second-order valence-corrected chi connectivity index (χ2v) is 6.85. The minimum Gasteiger partial charge on any atom is -0.457 e. The number of halogens is 3. The van der Waals surface area contributed by atoms with Gasteiger partial charge in [-0.25, -0.2) is 0 Å². The highest BCUT2D eigenvalue weighted by Gasteiger charge is 2.33. The van der Waals surface area contributed by atoms with Gasteiger partial charge >= 0.3 is 6.18 Å². The van der Waals surface area contributed by atoms with Crippen molar-refractivity contribution < 1.29 is 27.5 Å². The number of carbonyl (C=O) groups excluding carboxylic acids is 2. The summed E-state index contributed by atoms with van der Waals surface area (Å²) in [5.74, 6) is 0.0498. The summed E-state index contributed by atoms with van der Waals surface area (Å²) in [5, 5.41) is 2.25. The summed E-state index contributed by atoms with van der Waals surface area (Å²) >= 11 is 0. The molecule has 5 nitrogen and oxygen atoms in total. The summed E-state index contributed by atoms with van der Waals surface area (Å²) in [5.41, 5.74) is -0.969. The predicted molar refractivity (Wildman–Crippen MR) is 115 cm³/mol. The lowest BCUT2D eigenvalue weighted by Gasteiger charge is -2.21. The first-order valence-electron chi connectivity index (χ1n) is 9.86. The van der Waals surface area contributed by atoms with Crippen LogP contribution in [0.3, 0.4) is 0 Å². The highest BCUT2D eigenvalue weighted by molar-refractivity contribution is 5.99. The Bertz CT molecular complexity index is 1070. The van der Waals surface area contributed by atoms with E-state index in [9.17, 15) is 22.8 Å². The van der Waals surface area contributed by atoms with E-state index in [0.717, 1.165) is 6.07 Å². The van der Waals surface area contributed by atoms with Crippen molar-refractivity contribution in [1.82, 2.24) is 4.90 Å². The lowest BCUT2D eigenvalue weighted by molar-refractivity contribution is -0.137. The van der Waals surface area contributed by atoms with Gasteiger partial charge in [0.05, 0.1) is 11.3 Å². The summed E-state index contributed by atoms with van der Waals surface area (Å²) < 4.78 is 45.1. The number of nitrogens with zero attached hydrogens (tertiary/aromatic N) is 1. The van der Waals surface area contributed by atoms with Crippen LogP contribution in [0, 0.1) is 0 Å². The van der Waals surface area contributed by atoms with Gasteiger partial charge < -0.3 is 15.0 Å². The van der Waals surface area contributed by atoms with Crippen LogP contribution in [0.15, 0.2) is 78.9 Å². The van der Waals surface area contributed by atoms with Crippen molar-refractivity contribution in [2.75, 3.05) is 18.4 Å². The molecule has 0 aliphatic carbocycles. The molecule has 3 aromatic carbocycles. The molecule has 0 saturated carbocycles. The quantitative estimate of drug-likeness (QED) is 0.518. The molecular weight excluding hydrogens is 421 g/mol. The Hall–Kier alpha value is -3.81. The normalized spacial score (nSPS) is 11.0. The van der Waals surface area contributed by atoms with Crippen LogP contribution < -0.4 is 10.1 Å². The monoisotopic (exact) mass is 442 g/mol. The number of amides is 2. The molecule has 0 unspecified atom stereocenters. The Labute approximate surface area is 183 Å². The van der Waals surface area contributed by atoms with Crippen molar-refractivity contribution in [3.8, 4) is 11.5 Å². The fraction of sp³-hybridized carbons (Fsp3) is 0.167. The molecule has 3 aromatic rings. The van der Waals surface area contributed by atoms with Gasteiger partial charge in [0.15, 0.2) is 0 Å². The number of anilines is 1. The maximum Gasteiger partial charge on any atom is 0.418 e. The van der Waals surface area contributed by atoms with Gasteiger partial charge in [0.1, 0.15) is 18.0 Å². The van der Waals surface area contributed by atoms with Gasteiger partial charge in [-0.05, 0) is 55.5 Å². The summed E-state index contributed by atoms with van der Waals surface area (Å²) in [6, 6.07) is 20.2. The summed E-state index contributed by atoms with van der Waals surface area (Å²) in [7, 11) is 0. The lowest BCUT2D eigenvalue weighted by atomic mass is 10.1. The van der Waals surface area contributed by atoms with Crippen LogP contribution in [0.5, 0.6) is 11.5 Å². The lowest BCUT2D eigenvalue weighted by Crippen LogP contribution is -2.38. The Kier molecular flexibility index (Phi) is 7.14. The zero-order valence-corrected chi connectivity index (χ0v) is 17.2. The van der Waals surface area contributed by atoms with Crippen molar-refractivity contribution >= 4 is 17.5 Å². The number of nitrogens with one attached hydrogen (secondary N) is 1.